The number of ether oxygens (including phenoxy) is 1. The fourth-order valence-electron chi connectivity index (χ4n) is 1.60. The van der Waals surface area contributed by atoms with Crippen molar-refractivity contribution in [1.82, 2.24) is 0 Å². The van der Waals surface area contributed by atoms with Gasteiger partial charge in [0.05, 0.1) is 11.7 Å². The van der Waals surface area contributed by atoms with Gasteiger partial charge in [0.15, 0.2) is 0 Å². The van der Waals surface area contributed by atoms with Crippen molar-refractivity contribution in [3.8, 4) is 29.2 Å². The molecule has 0 aliphatic rings. The van der Waals surface area contributed by atoms with Gasteiger partial charge in [-0.05, 0) is 53.9 Å². The highest BCUT2D eigenvalue weighted by atomic mass is 32.1. The van der Waals surface area contributed by atoms with Gasteiger partial charge in [0, 0.05) is 0 Å². The van der Waals surface area contributed by atoms with E-state index in [1.807, 2.05) is 32.0 Å². The first kappa shape index (κ1) is 11.8. The molecule has 17 heavy (non-hydrogen) atoms. The highest BCUT2D eigenvalue weighted by Gasteiger charge is 2.07. The van der Waals surface area contributed by atoms with Gasteiger partial charge >= 0.3 is 0 Å². The Balaban J connectivity index is 2.42. The van der Waals surface area contributed by atoms with Crippen LogP contribution in [0.2, 0.25) is 0 Å². The van der Waals surface area contributed by atoms with E-state index in [-0.39, 0.29) is 6.10 Å². The molecular formula is C15H14OS. The monoisotopic (exact) mass is 242 g/mol. The third-order valence-electron chi connectivity index (χ3n) is 2.35. The molecule has 2 heteroatoms. The normalized spacial score (nSPS) is 10.2. The van der Waals surface area contributed by atoms with Crippen molar-refractivity contribution in [3.63, 3.8) is 0 Å². The van der Waals surface area contributed by atoms with Gasteiger partial charge in [0.1, 0.15) is 5.75 Å². The van der Waals surface area contributed by atoms with Crippen LogP contribution in [0.3, 0.4) is 0 Å². The quantitative estimate of drug-likeness (QED) is 0.733. The molecule has 2 aromatic rings. The highest BCUT2D eigenvalue weighted by Crippen LogP contribution is 2.28. The largest absolute Gasteiger partial charge is 0.490 e. The molecule has 0 N–H and O–H groups in total. The van der Waals surface area contributed by atoms with Crippen LogP contribution in [0.1, 0.15) is 19.4 Å². The lowest BCUT2D eigenvalue weighted by atomic mass is 10.1. The summed E-state index contributed by atoms with van der Waals surface area (Å²) < 4.78 is 5.74. The fourth-order valence-corrected chi connectivity index (χ4v) is 2.27. The van der Waals surface area contributed by atoms with Gasteiger partial charge < -0.3 is 4.74 Å². The van der Waals surface area contributed by atoms with Crippen molar-refractivity contribution in [2.24, 2.45) is 0 Å². The van der Waals surface area contributed by atoms with Gasteiger partial charge in [-0.25, -0.2) is 0 Å². The van der Waals surface area contributed by atoms with E-state index in [0.29, 0.717) is 0 Å². The zero-order valence-corrected chi connectivity index (χ0v) is 10.8. The maximum atomic E-state index is 5.74. The average molecular weight is 242 g/mol. The first-order valence-corrected chi connectivity index (χ1v) is 6.45. The Bertz CT molecular complexity index is 533. The second-order valence-electron chi connectivity index (χ2n) is 4.03. The Hall–Kier alpha value is -1.72. The summed E-state index contributed by atoms with van der Waals surface area (Å²) in [6.07, 6.45) is 5.59. The Morgan fingerprint density at radius 1 is 1.24 bits per heavy atom. The number of thiophene rings is 1. The first-order chi connectivity index (χ1) is 8.20. The third kappa shape index (κ3) is 2.69. The summed E-state index contributed by atoms with van der Waals surface area (Å²) in [5.74, 6) is 3.43. The van der Waals surface area contributed by atoms with E-state index in [4.69, 9.17) is 11.2 Å². The average Bonchev–Trinajstić information content (AvgIpc) is 2.81. The predicted molar refractivity (Wildman–Crippen MR) is 73.5 cm³/mol. The van der Waals surface area contributed by atoms with Gasteiger partial charge in [-0.2, -0.15) is 11.3 Å². The van der Waals surface area contributed by atoms with Crippen molar-refractivity contribution in [2.45, 2.75) is 20.0 Å². The molecule has 0 atom stereocenters. The maximum absolute atomic E-state index is 5.74. The van der Waals surface area contributed by atoms with E-state index in [1.54, 1.807) is 11.3 Å². The maximum Gasteiger partial charge on any atom is 0.135 e. The van der Waals surface area contributed by atoms with Crippen molar-refractivity contribution in [3.05, 3.63) is 40.6 Å². The molecule has 1 aromatic heterocycles. The lowest BCUT2D eigenvalue weighted by Gasteiger charge is -2.12. The minimum absolute atomic E-state index is 0.125. The van der Waals surface area contributed by atoms with Crippen LogP contribution in [-0.4, -0.2) is 6.10 Å². The Morgan fingerprint density at radius 3 is 2.65 bits per heavy atom. The van der Waals surface area contributed by atoms with Crippen molar-refractivity contribution < 1.29 is 4.74 Å². The van der Waals surface area contributed by atoms with Gasteiger partial charge in [0.25, 0.3) is 0 Å². The van der Waals surface area contributed by atoms with E-state index in [2.05, 4.69) is 22.7 Å². The van der Waals surface area contributed by atoms with Crippen LogP contribution in [0.15, 0.2) is 35.0 Å². The summed E-state index contributed by atoms with van der Waals surface area (Å²) in [6, 6.07) is 8.07. The molecule has 1 heterocycles. The number of rotatable bonds is 3. The lowest BCUT2D eigenvalue weighted by molar-refractivity contribution is 0.242. The molecule has 0 fully saturated rings. The minimum atomic E-state index is 0.125. The second kappa shape index (κ2) is 5.07. The number of hydrogen-bond acceptors (Lipinski definition) is 2. The summed E-state index contributed by atoms with van der Waals surface area (Å²) in [4.78, 5) is 0. The molecule has 2 rings (SSSR count). The van der Waals surface area contributed by atoms with Gasteiger partial charge in [-0.3, -0.25) is 0 Å². The van der Waals surface area contributed by atoms with E-state index in [0.717, 1.165) is 16.9 Å². The number of terminal acetylenes is 1. The fraction of sp³-hybridized carbons (Fsp3) is 0.200. The molecule has 1 nitrogen and oxygen atoms in total. The second-order valence-corrected chi connectivity index (χ2v) is 4.81. The van der Waals surface area contributed by atoms with Crippen molar-refractivity contribution in [1.29, 1.82) is 0 Å². The van der Waals surface area contributed by atoms with Crippen molar-refractivity contribution in [2.75, 3.05) is 0 Å². The number of benzene rings is 1. The van der Waals surface area contributed by atoms with Crippen LogP contribution < -0.4 is 4.74 Å². The van der Waals surface area contributed by atoms with Gasteiger partial charge in [0.2, 0.25) is 0 Å². The smallest absolute Gasteiger partial charge is 0.135 e. The molecule has 0 bridgehead atoms. The first-order valence-electron chi connectivity index (χ1n) is 5.50. The molecule has 86 valence electrons. The Morgan fingerprint density at radius 2 is 2.06 bits per heavy atom. The summed E-state index contributed by atoms with van der Waals surface area (Å²) in [5, 5.41) is 4.18. The topological polar surface area (TPSA) is 9.23 Å². The molecule has 0 unspecified atom stereocenters. The summed E-state index contributed by atoms with van der Waals surface area (Å²) >= 11 is 1.68. The van der Waals surface area contributed by atoms with E-state index in [1.165, 1.54) is 5.56 Å². The molecule has 0 aliphatic heterocycles. The minimum Gasteiger partial charge on any atom is -0.490 e. The van der Waals surface area contributed by atoms with Crippen LogP contribution in [-0.2, 0) is 0 Å². The molecule has 0 spiro atoms. The van der Waals surface area contributed by atoms with Crippen LogP contribution in [0.25, 0.3) is 11.1 Å². The van der Waals surface area contributed by atoms with Gasteiger partial charge in [-0.1, -0.05) is 12.0 Å². The molecule has 0 radical (unpaired) electrons. The number of hydrogen-bond donors (Lipinski definition) is 0. The zero-order chi connectivity index (χ0) is 12.3. The third-order valence-corrected chi connectivity index (χ3v) is 3.04. The Labute approximate surface area is 106 Å². The molecule has 0 aliphatic carbocycles. The van der Waals surface area contributed by atoms with Gasteiger partial charge in [-0.15, -0.1) is 6.42 Å². The van der Waals surface area contributed by atoms with Crippen LogP contribution >= 0.6 is 11.3 Å². The van der Waals surface area contributed by atoms with Crippen LogP contribution in [0.5, 0.6) is 5.75 Å². The lowest BCUT2D eigenvalue weighted by Crippen LogP contribution is -2.06. The van der Waals surface area contributed by atoms with E-state index >= 15 is 0 Å². The zero-order valence-electron chi connectivity index (χ0n) is 9.94. The predicted octanol–water partition coefficient (Wildman–Crippen LogP) is 4.18. The van der Waals surface area contributed by atoms with Crippen LogP contribution in [0, 0.1) is 12.3 Å². The molecule has 0 saturated carbocycles. The van der Waals surface area contributed by atoms with Crippen LogP contribution in [0.4, 0.5) is 0 Å². The standard InChI is InChI=1S/C15H14OS/c1-4-12-5-6-13(14-7-8-17-10-14)9-15(12)16-11(2)3/h1,5-11H,2-3H3. The molecular weight excluding hydrogens is 228 g/mol. The Kier molecular flexibility index (Phi) is 3.51. The molecule has 0 saturated heterocycles. The summed E-state index contributed by atoms with van der Waals surface area (Å²) in [6.45, 7) is 4.00. The molecule has 0 amide bonds. The summed E-state index contributed by atoms with van der Waals surface area (Å²) in [5.41, 5.74) is 3.14. The highest BCUT2D eigenvalue weighted by molar-refractivity contribution is 7.08. The molecule has 1 aromatic carbocycles. The summed E-state index contributed by atoms with van der Waals surface area (Å²) in [7, 11) is 0. The SMILES string of the molecule is C#Cc1ccc(-c2ccsc2)cc1OC(C)C. The van der Waals surface area contributed by atoms with Crippen molar-refractivity contribution >= 4 is 11.3 Å². The van der Waals surface area contributed by atoms with E-state index in [9.17, 15) is 0 Å². The van der Waals surface area contributed by atoms with E-state index < -0.39 is 0 Å².